The van der Waals surface area contributed by atoms with Gasteiger partial charge in [-0.05, 0) is 38.1 Å². The average Bonchev–Trinajstić information content (AvgIpc) is 2.68. The zero-order chi connectivity index (χ0) is 13.0. The topological polar surface area (TPSA) is 34.0 Å². The zero-order valence-electron chi connectivity index (χ0n) is 10.8. The standard InChI is InChI=1S/C15H18N2O/c1-12-8-9-13(2)17(12)11-10-15(18)16-14-6-4-3-5-7-14/h3-9H,10-11H2,1-2H3,(H,16,18). The molecule has 18 heavy (non-hydrogen) atoms. The molecule has 0 saturated heterocycles. The van der Waals surface area contributed by atoms with Crippen LogP contribution in [0.3, 0.4) is 0 Å². The number of para-hydroxylation sites is 1. The fourth-order valence-corrected chi connectivity index (χ4v) is 2.01. The van der Waals surface area contributed by atoms with E-state index >= 15 is 0 Å². The number of nitrogens with one attached hydrogen (secondary N) is 1. The minimum atomic E-state index is 0.0497. The van der Waals surface area contributed by atoms with E-state index in [4.69, 9.17) is 0 Å². The Kier molecular flexibility index (Phi) is 3.82. The molecule has 0 radical (unpaired) electrons. The highest BCUT2D eigenvalue weighted by molar-refractivity contribution is 5.90. The summed E-state index contributed by atoms with van der Waals surface area (Å²) in [5.74, 6) is 0.0497. The van der Waals surface area contributed by atoms with E-state index in [-0.39, 0.29) is 5.91 Å². The number of carbonyl (C=O) groups excluding carboxylic acids is 1. The first kappa shape index (κ1) is 12.4. The van der Waals surface area contributed by atoms with E-state index in [0.717, 1.165) is 12.2 Å². The third-order valence-electron chi connectivity index (χ3n) is 3.04. The third-order valence-corrected chi connectivity index (χ3v) is 3.04. The van der Waals surface area contributed by atoms with Crippen LogP contribution >= 0.6 is 0 Å². The Labute approximate surface area is 107 Å². The molecule has 1 heterocycles. The number of amides is 1. The highest BCUT2D eigenvalue weighted by atomic mass is 16.1. The van der Waals surface area contributed by atoms with E-state index in [9.17, 15) is 4.79 Å². The van der Waals surface area contributed by atoms with Crippen molar-refractivity contribution in [3.05, 3.63) is 53.9 Å². The maximum Gasteiger partial charge on any atom is 0.226 e. The smallest absolute Gasteiger partial charge is 0.226 e. The number of hydrogen-bond acceptors (Lipinski definition) is 1. The summed E-state index contributed by atoms with van der Waals surface area (Å²) in [6.07, 6.45) is 0.491. The maximum atomic E-state index is 11.8. The number of hydrogen-bond donors (Lipinski definition) is 1. The van der Waals surface area contributed by atoms with Gasteiger partial charge < -0.3 is 9.88 Å². The van der Waals surface area contributed by atoms with Crippen molar-refractivity contribution in [2.75, 3.05) is 5.32 Å². The summed E-state index contributed by atoms with van der Waals surface area (Å²) in [7, 11) is 0. The highest BCUT2D eigenvalue weighted by Gasteiger charge is 2.05. The van der Waals surface area contributed by atoms with Crippen LogP contribution in [-0.2, 0) is 11.3 Å². The predicted octanol–water partition coefficient (Wildman–Crippen LogP) is 3.13. The summed E-state index contributed by atoms with van der Waals surface area (Å²) in [6, 6.07) is 13.7. The molecule has 0 unspecified atom stereocenters. The summed E-state index contributed by atoms with van der Waals surface area (Å²) < 4.78 is 2.16. The number of anilines is 1. The van der Waals surface area contributed by atoms with Gasteiger partial charge in [-0.15, -0.1) is 0 Å². The minimum Gasteiger partial charge on any atom is -0.349 e. The van der Waals surface area contributed by atoms with E-state index in [1.54, 1.807) is 0 Å². The summed E-state index contributed by atoms with van der Waals surface area (Å²) in [5, 5.41) is 2.89. The lowest BCUT2D eigenvalue weighted by atomic mass is 10.3. The van der Waals surface area contributed by atoms with Gasteiger partial charge in [0, 0.05) is 30.0 Å². The Bertz CT molecular complexity index is 509. The molecule has 0 saturated carbocycles. The number of aromatic nitrogens is 1. The number of nitrogens with zero attached hydrogens (tertiary/aromatic N) is 1. The van der Waals surface area contributed by atoms with E-state index in [0.29, 0.717) is 6.42 Å². The van der Waals surface area contributed by atoms with Crippen LogP contribution in [0.1, 0.15) is 17.8 Å². The summed E-state index contributed by atoms with van der Waals surface area (Å²) >= 11 is 0. The summed E-state index contributed by atoms with van der Waals surface area (Å²) in [5.41, 5.74) is 3.24. The molecule has 1 amide bonds. The van der Waals surface area contributed by atoms with Crippen LogP contribution in [0.15, 0.2) is 42.5 Å². The molecule has 0 aliphatic carbocycles. The molecule has 1 aromatic carbocycles. The number of aryl methyl sites for hydroxylation is 2. The van der Waals surface area contributed by atoms with Crippen molar-refractivity contribution in [1.82, 2.24) is 4.57 Å². The van der Waals surface area contributed by atoms with Gasteiger partial charge >= 0.3 is 0 Å². The Morgan fingerprint density at radius 3 is 2.28 bits per heavy atom. The van der Waals surface area contributed by atoms with Gasteiger partial charge in [-0.25, -0.2) is 0 Å². The summed E-state index contributed by atoms with van der Waals surface area (Å²) in [4.78, 5) is 11.8. The number of carbonyl (C=O) groups is 1. The molecule has 2 rings (SSSR count). The molecule has 0 fully saturated rings. The van der Waals surface area contributed by atoms with Gasteiger partial charge in [-0.1, -0.05) is 18.2 Å². The van der Waals surface area contributed by atoms with E-state index in [1.807, 2.05) is 30.3 Å². The molecule has 0 bridgehead atoms. The molecular weight excluding hydrogens is 224 g/mol. The van der Waals surface area contributed by atoms with Gasteiger partial charge in [-0.2, -0.15) is 0 Å². The van der Waals surface area contributed by atoms with Crippen LogP contribution in [-0.4, -0.2) is 10.5 Å². The second-order valence-corrected chi connectivity index (χ2v) is 4.43. The first-order chi connectivity index (χ1) is 8.66. The van der Waals surface area contributed by atoms with Crippen LogP contribution in [0.4, 0.5) is 5.69 Å². The first-order valence-corrected chi connectivity index (χ1v) is 6.14. The summed E-state index contributed by atoms with van der Waals surface area (Å²) in [6.45, 7) is 4.84. The van der Waals surface area contributed by atoms with Gasteiger partial charge in [0.1, 0.15) is 0 Å². The zero-order valence-corrected chi connectivity index (χ0v) is 10.8. The first-order valence-electron chi connectivity index (χ1n) is 6.14. The molecule has 1 N–H and O–H groups in total. The lowest BCUT2D eigenvalue weighted by Crippen LogP contribution is -2.15. The molecule has 0 atom stereocenters. The Morgan fingerprint density at radius 1 is 1.06 bits per heavy atom. The normalized spacial score (nSPS) is 10.3. The Balaban J connectivity index is 1.89. The van der Waals surface area contributed by atoms with Crippen molar-refractivity contribution >= 4 is 11.6 Å². The maximum absolute atomic E-state index is 11.8. The third kappa shape index (κ3) is 3.00. The van der Waals surface area contributed by atoms with Crippen molar-refractivity contribution in [3.63, 3.8) is 0 Å². The predicted molar refractivity (Wildman–Crippen MR) is 73.6 cm³/mol. The van der Waals surface area contributed by atoms with E-state index in [1.165, 1.54) is 11.4 Å². The second-order valence-electron chi connectivity index (χ2n) is 4.43. The second kappa shape index (κ2) is 5.54. The fraction of sp³-hybridized carbons (Fsp3) is 0.267. The highest BCUT2D eigenvalue weighted by Crippen LogP contribution is 2.09. The van der Waals surface area contributed by atoms with Gasteiger partial charge in [0.05, 0.1) is 0 Å². The number of rotatable bonds is 4. The van der Waals surface area contributed by atoms with E-state index in [2.05, 4.69) is 35.9 Å². The fourth-order valence-electron chi connectivity index (χ4n) is 2.01. The lowest BCUT2D eigenvalue weighted by Gasteiger charge is -2.09. The van der Waals surface area contributed by atoms with Gasteiger partial charge in [0.2, 0.25) is 5.91 Å². The monoisotopic (exact) mass is 242 g/mol. The molecular formula is C15H18N2O. The van der Waals surface area contributed by atoms with E-state index < -0.39 is 0 Å². The quantitative estimate of drug-likeness (QED) is 0.878. The van der Waals surface area contributed by atoms with Crippen molar-refractivity contribution in [3.8, 4) is 0 Å². The molecule has 1 aromatic heterocycles. The Morgan fingerprint density at radius 2 is 1.67 bits per heavy atom. The molecule has 3 heteroatoms. The van der Waals surface area contributed by atoms with Crippen LogP contribution < -0.4 is 5.32 Å². The number of benzene rings is 1. The van der Waals surface area contributed by atoms with Gasteiger partial charge in [0.15, 0.2) is 0 Å². The van der Waals surface area contributed by atoms with Crippen molar-refractivity contribution in [1.29, 1.82) is 0 Å². The molecule has 94 valence electrons. The average molecular weight is 242 g/mol. The van der Waals surface area contributed by atoms with Gasteiger partial charge in [0.25, 0.3) is 0 Å². The van der Waals surface area contributed by atoms with Crippen LogP contribution in [0.2, 0.25) is 0 Å². The largest absolute Gasteiger partial charge is 0.349 e. The lowest BCUT2D eigenvalue weighted by molar-refractivity contribution is -0.116. The SMILES string of the molecule is Cc1ccc(C)n1CCC(=O)Nc1ccccc1. The van der Waals surface area contributed by atoms with Crippen LogP contribution in [0.5, 0.6) is 0 Å². The minimum absolute atomic E-state index is 0.0497. The van der Waals surface area contributed by atoms with Crippen molar-refractivity contribution in [2.45, 2.75) is 26.8 Å². The molecule has 0 aliphatic heterocycles. The molecule has 3 nitrogen and oxygen atoms in total. The molecule has 0 aliphatic rings. The van der Waals surface area contributed by atoms with Crippen LogP contribution in [0, 0.1) is 13.8 Å². The van der Waals surface area contributed by atoms with Crippen molar-refractivity contribution < 1.29 is 4.79 Å². The molecule has 2 aromatic rings. The molecule has 0 spiro atoms. The van der Waals surface area contributed by atoms with Crippen molar-refractivity contribution in [2.24, 2.45) is 0 Å². The van der Waals surface area contributed by atoms with Gasteiger partial charge in [-0.3, -0.25) is 4.79 Å². The van der Waals surface area contributed by atoms with Crippen LogP contribution in [0.25, 0.3) is 0 Å². The Hall–Kier alpha value is -2.03.